The number of aliphatic carboxylic acids is 1. The molecule has 2 unspecified atom stereocenters. The summed E-state index contributed by atoms with van der Waals surface area (Å²) >= 11 is 0. The molecule has 0 bridgehead atoms. The number of unbranched alkanes of at least 4 members (excludes halogenated alkanes) is 1. The second-order valence-corrected chi connectivity index (χ2v) is 14.4. The van der Waals surface area contributed by atoms with Crippen molar-refractivity contribution >= 4 is 41.1 Å². The summed E-state index contributed by atoms with van der Waals surface area (Å²) in [7, 11) is 0. The van der Waals surface area contributed by atoms with Gasteiger partial charge in [-0.1, -0.05) is 89.6 Å². The number of nitrogens with zero attached hydrogens (tertiary/aromatic N) is 2. The predicted octanol–water partition coefficient (Wildman–Crippen LogP) is 5.57. The lowest BCUT2D eigenvalue weighted by Crippen LogP contribution is -2.47. The molecule has 11 nitrogen and oxygen atoms in total. The van der Waals surface area contributed by atoms with Gasteiger partial charge in [-0.2, -0.15) is 0 Å². The van der Waals surface area contributed by atoms with Gasteiger partial charge in [0.25, 0.3) is 0 Å². The maximum Gasteiger partial charge on any atom is 0.326 e. The van der Waals surface area contributed by atoms with E-state index < -0.39 is 42.2 Å². The summed E-state index contributed by atoms with van der Waals surface area (Å²) in [5, 5.41) is 15.1. The Bertz CT molecular complexity index is 1490. The Morgan fingerprint density at radius 2 is 1.69 bits per heavy atom. The van der Waals surface area contributed by atoms with E-state index in [1.165, 1.54) is 0 Å². The first-order valence-electron chi connectivity index (χ1n) is 18.0. The van der Waals surface area contributed by atoms with Gasteiger partial charge in [0, 0.05) is 18.0 Å². The molecule has 4 amide bonds. The molecule has 2 atom stereocenters. The minimum atomic E-state index is -1.22. The van der Waals surface area contributed by atoms with E-state index >= 15 is 0 Å². The topological polar surface area (TPSA) is 153 Å². The molecular formula is C40H58N4O7. The predicted molar refractivity (Wildman–Crippen MR) is 200 cm³/mol. The molecule has 2 rings (SSSR count). The maximum absolute atomic E-state index is 13.7. The highest BCUT2D eigenvalue weighted by Gasteiger charge is 2.41. The van der Waals surface area contributed by atoms with Gasteiger partial charge in [0.15, 0.2) is 5.78 Å². The number of rotatable bonds is 21. The third kappa shape index (κ3) is 14.0. The third-order valence-electron chi connectivity index (χ3n) is 8.81. The first kappa shape index (κ1) is 42.8. The smallest absolute Gasteiger partial charge is 0.326 e. The number of anilines is 1. The van der Waals surface area contributed by atoms with Crippen molar-refractivity contribution in [2.24, 2.45) is 17.8 Å². The highest BCUT2D eigenvalue weighted by Crippen LogP contribution is 2.29. The van der Waals surface area contributed by atoms with E-state index in [1.54, 1.807) is 4.90 Å². The Morgan fingerprint density at radius 3 is 2.27 bits per heavy atom. The minimum absolute atomic E-state index is 0.0187. The van der Waals surface area contributed by atoms with Crippen LogP contribution in [-0.2, 0) is 28.8 Å². The summed E-state index contributed by atoms with van der Waals surface area (Å²) < 4.78 is 0. The average molecular weight is 707 g/mol. The first-order valence-corrected chi connectivity index (χ1v) is 18.0. The molecule has 1 heterocycles. The van der Waals surface area contributed by atoms with Crippen LogP contribution in [0.15, 0.2) is 59.7 Å². The number of nitrogens with one attached hydrogen (secondary N) is 2. The van der Waals surface area contributed by atoms with Gasteiger partial charge in [0.05, 0.1) is 19.5 Å². The normalized spacial score (nSPS) is 15.4. The fraction of sp³-hybridized carbons (Fsp3) is 0.550. The standard InChI is InChI=1S/C40H58N4O7/c1-26(2)15-9-10-16-30(27(3)4)24-43(35-19-12-11-17-32(35)28(5)6)37(47)21-31(45)23-41-20-14-13-18-34(40(50)51)42-36(46)25-44-38(48)22-33(29(7)8)39(44)49/h9-12,15-17,19,26,28-29,33-34,41H,13-14,18,20-25H2,1-8H3,(H,42,46)(H,50,51)/b15-9-,16-10-. The van der Waals surface area contributed by atoms with Crippen molar-refractivity contribution in [1.82, 2.24) is 15.5 Å². The van der Waals surface area contributed by atoms with Crippen LogP contribution in [0.2, 0.25) is 0 Å². The van der Waals surface area contributed by atoms with Gasteiger partial charge in [-0.25, -0.2) is 4.79 Å². The highest BCUT2D eigenvalue weighted by atomic mass is 16.4. The van der Waals surface area contributed by atoms with Crippen molar-refractivity contribution in [2.75, 3.05) is 31.1 Å². The maximum atomic E-state index is 13.7. The fourth-order valence-corrected chi connectivity index (χ4v) is 5.72. The van der Waals surface area contributed by atoms with E-state index in [0.29, 0.717) is 31.8 Å². The molecule has 1 aliphatic rings. The van der Waals surface area contributed by atoms with E-state index in [1.807, 2.05) is 70.2 Å². The molecule has 0 aromatic heterocycles. The van der Waals surface area contributed by atoms with Crippen LogP contribution in [0.1, 0.15) is 99.0 Å². The van der Waals surface area contributed by atoms with Crippen LogP contribution < -0.4 is 15.5 Å². The van der Waals surface area contributed by atoms with Crippen LogP contribution in [-0.4, -0.2) is 77.6 Å². The zero-order valence-electron chi connectivity index (χ0n) is 31.7. The van der Waals surface area contributed by atoms with Crippen LogP contribution in [0.25, 0.3) is 0 Å². The SMILES string of the molecule is CC(C)=C(/C=C\C=C/C(C)C)CN(C(=O)CC(=O)CNCCCCC(NC(=O)CN1C(=O)CC(C(C)C)C1=O)C(=O)O)c1ccccc1C(C)C. The van der Waals surface area contributed by atoms with Crippen LogP contribution in [0.3, 0.4) is 0 Å². The van der Waals surface area contributed by atoms with Gasteiger partial charge in [-0.15, -0.1) is 0 Å². The summed E-state index contributed by atoms with van der Waals surface area (Å²) in [6.45, 7) is 16.2. The fourth-order valence-electron chi connectivity index (χ4n) is 5.72. The summed E-state index contributed by atoms with van der Waals surface area (Å²) in [5.41, 5.74) is 3.84. The molecule has 11 heteroatoms. The number of hydrogen-bond acceptors (Lipinski definition) is 7. The number of amides is 4. The Balaban J connectivity index is 1.94. The number of carboxylic acids is 1. The number of ketones is 1. The van der Waals surface area contributed by atoms with Gasteiger partial charge in [0.1, 0.15) is 12.6 Å². The van der Waals surface area contributed by atoms with Crippen molar-refractivity contribution in [3.63, 3.8) is 0 Å². The zero-order valence-corrected chi connectivity index (χ0v) is 31.7. The number of allylic oxidation sites excluding steroid dienone is 4. The summed E-state index contributed by atoms with van der Waals surface area (Å²) in [4.78, 5) is 78.4. The lowest BCUT2D eigenvalue weighted by atomic mass is 9.94. The molecule has 51 heavy (non-hydrogen) atoms. The molecule has 280 valence electrons. The Hall–Kier alpha value is -4.38. The lowest BCUT2D eigenvalue weighted by Gasteiger charge is -2.27. The third-order valence-corrected chi connectivity index (χ3v) is 8.81. The van der Waals surface area contributed by atoms with Gasteiger partial charge < -0.3 is 20.6 Å². The van der Waals surface area contributed by atoms with Gasteiger partial charge >= 0.3 is 5.97 Å². The zero-order chi connectivity index (χ0) is 38.2. The quantitative estimate of drug-likeness (QED) is 0.0650. The number of benzene rings is 1. The second kappa shape index (κ2) is 21.1. The molecule has 0 spiro atoms. The molecule has 1 aromatic carbocycles. The number of carbonyl (C=O) groups is 6. The van der Waals surface area contributed by atoms with Crippen LogP contribution >= 0.6 is 0 Å². The van der Waals surface area contributed by atoms with E-state index in [2.05, 4.69) is 44.4 Å². The number of carboxylic acid groups (broad SMARTS) is 1. The molecule has 0 aliphatic carbocycles. The number of Topliss-reactive ketones (excluding diaryl/α,β-unsaturated/α-hetero) is 1. The van der Waals surface area contributed by atoms with Crippen molar-refractivity contribution < 1.29 is 33.9 Å². The van der Waals surface area contributed by atoms with Crippen molar-refractivity contribution in [1.29, 1.82) is 0 Å². The summed E-state index contributed by atoms with van der Waals surface area (Å²) in [6, 6.07) is 6.58. The Labute approximate surface area is 303 Å². The van der Waals surface area contributed by atoms with Gasteiger partial charge in [-0.05, 0) is 74.6 Å². The molecule has 0 radical (unpaired) electrons. The molecule has 1 aromatic rings. The molecule has 1 fully saturated rings. The summed E-state index contributed by atoms with van der Waals surface area (Å²) in [6.07, 6.45) is 8.92. The molecule has 0 saturated carbocycles. The first-order chi connectivity index (χ1) is 24.0. The molecule has 1 aliphatic heterocycles. The van der Waals surface area contributed by atoms with Crippen LogP contribution in [0.5, 0.6) is 0 Å². The van der Waals surface area contributed by atoms with Crippen LogP contribution in [0, 0.1) is 17.8 Å². The number of likely N-dealkylation sites (tertiary alicyclic amines) is 1. The second-order valence-electron chi connectivity index (χ2n) is 14.4. The number of imide groups is 1. The lowest BCUT2D eigenvalue weighted by molar-refractivity contribution is -0.145. The Kier molecular flexibility index (Phi) is 17.7. The van der Waals surface area contributed by atoms with E-state index in [9.17, 15) is 33.9 Å². The van der Waals surface area contributed by atoms with E-state index in [-0.39, 0.29) is 49.3 Å². The molecule has 3 N–H and O–H groups in total. The number of hydrogen-bond donors (Lipinski definition) is 3. The van der Waals surface area contributed by atoms with Crippen LogP contribution in [0.4, 0.5) is 5.69 Å². The number of para-hydroxylation sites is 1. The van der Waals surface area contributed by atoms with Crippen molar-refractivity contribution in [3.05, 3.63) is 65.3 Å². The average Bonchev–Trinajstić information content (AvgIpc) is 3.33. The molecule has 1 saturated heterocycles. The highest BCUT2D eigenvalue weighted by molar-refractivity contribution is 6.07. The summed E-state index contributed by atoms with van der Waals surface area (Å²) in [5.74, 6) is -3.26. The Morgan fingerprint density at radius 1 is 1.00 bits per heavy atom. The minimum Gasteiger partial charge on any atom is -0.480 e. The van der Waals surface area contributed by atoms with Gasteiger partial charge in [-0.3, -0.25) is 28.9 Å². The van der Waals surface area contributed by atoms with Gasteiger partial charge in [0.2, 0.25) is 23.6 Å². The van der Waals surface area contributed by atoms with Crippen molar-refractivity contribution in [2.45, 2.75) is 99.5 Å². The van der Waals surface area contributed by atoms with Crippen molar-refractivity contribution in [3.8, 4) is 0 Å². The van der Waals surface area contributed by atoms with E-state index in [4.69, 9.17) is 0 Å². The molecular weight excluding hydrogens is 648 g/mol. The number of carbonyl (C=O) groups excluding carboxylic acids is 5. The van der Waals surface area contributed by atoms with E-state index in [0.717, 1.165) is 27.3 Å². The monoisotopic (exact) mass is 706 g/mol. The largest absolute Gasteiger partial charge is 0.480 e.